The minimum absolute atomic E-state index is 0.490. The molecule has 5 nitrogen and oxygen atoms in total. The molecule has 5 rings (SSSR count). The molecule has 1 N–H and O–H groups in total. The van der Waals surface area contributed by atoms with Gasteiger partial charge in [0.2, 0.25) is 0 Å². The average molecular weight is 447 g/mol. The Morgan fingerprint density at radius 2 is 1.77 bits per heavy atom. The van der Waals surface area contributed by atoms with Crippen LogP contribution in [0, 0.1) is 13.8 Å². The fraction of sp³-hybridized carbons (Fsp3) is 0.125. The van der Waals surface area contributed by atoms with E-state index in [2.05, 4.69) is 33.3 Å². The topological polar surface area (TPSA) is 59.9 Å². The Morgan fingerprint density at radius 1 is 1.00 bits per heavy atom. The Hall–Kier alpha value is -3.22. The van der Waals surface area contributed by atoms with Crippen LogP contribution in [0.3, 0.4) is 0 Å². The molecule has 0 unspecified atom stereocenters. The number of rotatable bonds is 5. The van der Waals surface area contributed by atoms with Crippen molar-refractivity contribution in [1.82, 2.24) is 15.0 Å². The van der Waals surface area contributed by atoms with Gasteiger partial charge >= 0.3 is 0 Å². The van der Waals surface area contributed by atoms with Crippen LogP contribution in [0.5, 0.6) is 5.75 Å². The predicted molar refractivity (Wildman–Crippen MR) is 128 cm³/mol. The Kier molecular flexibility index (Phi) is 5.18. The molecule has 31 heavy (non-hydrogen) atoms. The molecule has 0 amide bonds. The zero-order valence-electron chi connectivity index (χ0n) is 17.0. The molecule has 0 radical (unpaired) electrons. The molecule has 3 aromatic heterocycles. The van der Waals surface area contributed by atoms with E-state index in [9.17, 15) is 0 Å². The average Bonchev–Trinajstić information content (AvgIpc) is 3.14. The number of anilines is 2. The summed E-state index contributed by atoms with van der Waals surface area (Å²) in [6, 6.07) is 17.6. The quantitative estimate of drug-likeness (QED) is 0.320. The van der Waals surface area contributed by atoms with Crippen molar-refractivity contribution < 1.29 is 4.74 Å². The van der Waals surface area contributed by atoms with Gasteiger partial charge in [0, 0.05) is 21.8 Å². The number of hydrogen-bond donors (Lipinski definition) is 1. The van der Waals surface area contributed by atoms with Gasteiger partial charge in [-0.05, 0) is 67.4 Å². The molecule has 0 saturated carbocycles. The first-order valence-electron chi connectivity index (χ1n) is 9.82. The highest BCUT2D eigenvalue weighted by Crippen LogP contribution is 2.37. The fourth-order valence-electron chi connectivity index (χ4n) is 3.52. The maximum atomic E-state index is 5.93. The van der Waals surface area contributed by atoms with Crippen LogP contribution >= 0.6 is 22.9 Å². The monoisotopic (exact) mass is 446 g/mol. The second kappa shape index (κ2) is 8.13. The van der Waals surface area contributed by atoms with E-state index in [4.69, 9.17) is 16.3 Å². The van der Waals surface area contributed by atoms with Crippen LogP contribution in [0.1, 0.15) is 16.8 Å². The first-order chi connectivity index (χ1) is 15.1. The van der Waals surface area contributed by atoms with Crippen molar-refractivity contribution in [2.45, 2.75) is 20.5 Å². The standard InChI is InChI=1S/C24H19ClN4OS/c1-14-11-15(2)28-24-20(14)21-22(31-24)23(27-13-26-21)29-18-7-9-19(10-8-18)30-12-16-3-5-17(25)6-4-16/h3-11,13H,12H2,1-2H3,(H,26,27,29). The molecule has 2 aromatic carbocycles. The molecule has 0 aliphatic carbocycles. The van der Waals surface area contributed by atoms with E-state index in [1.807, 2.05) is 55.5 Å². The third-order valence-corrected chi connectivity index (χ3v) is 6.32. The van der Waals surface area contributed by atoms with Crippen LogP contribution in [0.15, 0.2) is 60.9 Å². The van der Waals surface area contributed by atoms with Crippen LogP contribution in [-0.2, 0) is 6.61 Å². The molecule has 5 aromatic rings. The summed E-state index contributed by atoms with van der Waals surface area (Å²) in [4.78, 5) is 14.7. The highest BCUT2D eigenvalue weighted by molar-refractivity contribution is 7.26. The number of ether oxygens (including phenoxy) is 1. The summed E-state index contributed by atoms with van der Waals surface area (Å²) in [6.45, 7) is 4.60. The number of pyridine rings is 1. The summed E-state index contributed by atoms with van der Waals surface area (Å²) in [7, 11) is 0. The van der Waals surface area contributed by atoms with Gasteiger partial charge in [-0.15, -0.1) is 11.3 Å². The smallest absolute Gasteiger partial charge is 0.151 e. The van der Waals surface area contributed by atoms with Crippen molar-refractivity contribution in [2.75, 3.05) is 5.32 Å². The minimum Gasteiger partial charge on any atom is -0.489 e. The number of thiophene rings is 1. The van der Waals surface area contributed by atoms with Crippen molar-refractivity contribution in [3.8, 4) is 5.75 Å². The lowest BCUT2D eigenvalue weighted by molar-refractivity contribution is 0.306. The van der Waals surface area contributed by atoms with Crippen molar-refractivity contribution in [3.63, 3.8) is 0 Å². The van der Waals surface area contributed by atoms with Gasteiger partial charge in [0.05, 0.1) is 10.2 Å². The van der Waals surface area contributed by atoms with E-state index in [0.29, 0.717) is 6.61 Å². The molecule has 0 saturated heterocycles. The van der Waals surface area contributed by atoms with E-state index < -0.39 is 0 Å². The largest absolute Gasteiger partial charge is 0.489 e. The normalized spacial score (nSPS) is 11.2. The third kappa shape index (κ3) is 4.04. The van der Waals surface area contributed by atoms with Gasteiger partial charge in [-0.1, -0.05) is 23.7 Å². The van der Waals surface area contributed by atoms with Gasteiger partial charge in [0.1, 0.15) is 23.5 Å². The van der Waals surface area contributed by atoms with E-state index in [1.165, 1.54) is 5.56 Å². The predicted octanol–water partition coefficient (Wildman–Crippen LogP) is 6.83. The van der Waals surface area contributed by atoms with Crippen LogP contribution in [0.4, 0.5) is 11.5 Å². The Bertz CT molecular complexity index is 1380. The number of aromatic nitrogens is 3. The number of hydrogen-bond acceptors (Lipinski definition) is 6. The molecular formula is C24H19ClN4OS. The zero-order chi connectivity index (χ0) is 21.4. The molecule has 0 bridgehead atoms. The molecule has 0 fully saturated rings. The second-order valence-corrected chi connectivity index (χ2v) is 8.76. The molecule has 0 spiro atoms. The summed E-state index contributed by atoms with van der Waals surface area (Å²) in [5.74, 6) is 1.57. The van der Waals surface area contributed by atoms with E-state index >= 15 is 0 Å². The van der Waals surface area contributed by atoms with E-state index in [-0.39, 0.29) is 0 Å². The summed E-state index contributed by atoms with van der Waals surface area (Å²) in [5, 5.41) is 5.23. The highest BCUT2D eigenvalue weighted by Gasteiger charge is 2.14. The van der Waals surface area contributed by atoms with Crippen LogP contribution in [0.25, 0.3) is 20.4 Å². The molecule has 0 aliphatic rings. The van der Waals surface area contributed by atoms with Crippen molar-refractivity contribution >= 4 is 54.9 Å². The Labute approximate surface area is 188 Å². The lowest BCUT2D eigenvalue weighted by Gasteiger charge is -2.09. The number of benzene rings is 2. The van der Waals surface area contributed by atoms with Crippen LogP contribution in [-0.4, -0.2) is 15.0 Å². The van der Waals surface area contributed by atoms with Gasteiger partial charge in [0.25, 0.3) is 0 Å². The van der Waals surface area contributed by atoms with Gasteiger partial charge in [0.15, 0.2) is 5.82 Å². The van der Waals surface area contributed by atoms with Gasteiger partial charge in [-0.2, -0.15) is 0 Å². The molecule has 0 aliphatic heterocycles. The Morgan fingerprint density at radius 3 is 2.55 bits per heavy atom. The maximum Gasteiger partial charge on any atom is 0.151 e. The number of halogens is 1. The first kappa shape index (κ1) is 19.7. The molecule has 154 valence electrons. The van der Waals surface area contributed by atoms with Gasteiger partial charge in [-0.3, -0.25) is 0 Å². The zero-order valence-corrected chi connectivity index (χ0v) is 18.6. The van der Waals surface area contributed by atoms with E-state index in [1.54, 1.807) is 17.7 Å². The van der Waals surface area contributed by atoms with Gasteiger partial charge < -0.3 is 10.1 Å². The summed E-state index contributed by atoms with van der Waals surface area (Å²) in [5.41, 5.74) is 5.12. The lowest BCUT2D eigenvalue weighted by atomic mass is 10.1. The Balaban J connectivity index is 1.37. The van der Waals surface area contributed by atoms with Crippen LogP contribution < -0.4 is 10.1 Å². The van der Waals surface area contributed by atoms with Crippen LogP contribution in [0.2, 0.25) is 5.02 Å². The van der Waals surface area contributed by atoms with E-state index in [0.717, 1.165) is 54.0 Å². The number of nitrogens with zero attached hydrogens (tertiary/aromatic N) is 3. The van der Waals surface area contributed by atoms with Crippen molar-refractivity contribution in [2.24, 2.45) is 0 Å². The highest BCUT2D eigenvalue weighted by atomic mass is 35.5. The number of nitrogens with one attached hydrogen (secondary N) is 1. The fourth-order valence-corrected chi connectivity index (χ4v) is 4.84. The molecular weight excluding hydrogens is 428 g/mol. The summed E-state index contributed by atoms with van der Waals surface area (Å²) in [6.07, 6.45) is 1.60. The minimum atomic E-state index is 0.490. The SMILES string of the molecule is Cc1cc(C)c2c(n1)sc1c(Nc3ccc(OCc4ccc(Cl)cc4)cc3)ncnc12. The first-order valence-corrected chi connectivity index (χ1v) is 11.0. The van der Waals surface area contributed by atoms with Gasteiger partial charge in [-0.25, -0.2) is 15.0 Å². The summed E-state index contributed by atoms with van der Waals surface area (Å²) >= 11 is 7.54. The molecule has 0 atom stereocenters. The maximum absolute atomic E-state index is 5.93. The summed E-state index contributed by atoms with van der Waals surface area (Å²) < 4.78 is 6.87. The molecule has 3 heterocycles. The van der Waals surface area contributed by atoms with Crippen molar-refractivity contribution in [3.05, 3.63) is 82.8 Å². The molecule has 7 heteroatoms. The lowest BCUT2D eigenvalue weighted by Crippen LogP contribution is -1.97. The number of aryl methyl sites for hydroxylation is 2. The van der Waals surface area contributed by atoms with Crippen molar-refractivity contribution in [1.29, 1.82) is 0 Å². The second-order valence-electron chi connectivity index (χ2n) is 7.33. The third-order valence-electron chi connectivity index (χ3n) is 4.99. The number of fused-ring (bicyclic) bond motifs is 3.